The largest absolute Gasteiger partial charge is 0.465 e. The number of halogens is 2. The lowest BCUT2D eigenvalue weighted by atomic mass is 10.1. The van der Waals surface area contributed by atoms with Gasteiger partial charge in [0.05, 0.1) is 6.61 Å². The summed E-state index contributed by atoms with van der Waals surface area (Å²) in [5.74, 6) is -2.41. The zero-order chi connectivity index (χ0) is 16.1. The molecule has 1 aliphatic carbocycles. The van der Waals surface area contributed by atoms with E-state index >= 15 is 0 Å². The van der Waals surface area contributed by atoms with Gasteiger partial charge in [0.15, 0.2) is 11.6 Å². The molecule has 1 amide bonds. The van der Waals surface area contributed by atoms with Crippen molar-refractivity contribution in [1.29, 1.82) is 0 Å². The van der Waals surface area contributed by atoms with Crippen molar-refractivity contribution in [3.8, 4) is 0 Å². The summed E-state index contributed by atoms with van der Waals surface area (Å²) in [6.07, 6.45) is 2.23. The third kappa shape index (κ3) is 4.51. The molecule has 0 saturated heterocycles. The van der Waals surface area contributed by atoms with E-state index in [-0.39, 0.29) is 31.5 Å². The second kappa shape index (κ2) is 7.33. The Hall–Kier alpha value is -1.98. The second-order valence-electron chi connectivity index (χ2n) is 5.31. The van der Waals surface area contributed by atoms with Gasteiger partial charge >= 0.3 is 5.97 Å². The fraction of sp³-hybridized carbons (Fsp3) is 0.500. The van der Waals surface area contributed by atoms with Crippen LogP contribution in [0.1, 0.15) is 31.7 Å². The summed E-state index contributed by atoms with van der Waals surface area (Å²) in [7, 11) is 0. The number of rotatable bonds is 7. The van der Waals surface area contributed by atoms with Gasteiger partial charge in [-0.05, 0) is 43.9 Å². The van der Waals surface area contributed by atoms with Gasteiger partial charge in [0, 0.05) is 12.5 Å². The average molecular weight is 311 g/mol. The molecule has 1 aliphatic rings. The molecule has 0 radical (unpaired) electrons. The van der Waals surface area contributed by atoms with Gasteiger partial charge in [-0.25, -0.2) is 8.78 Å². The zero-order valence-corrected chi connectivity index (χ0v) is 12.5. The Kier molecular flexibility index (Phi) is 5.46. The molecule has 1 fully saturated rings. The molecule has 0 aromatic heterocycles. The van der Waals surface area contributed by atoms with E-state index < -0.39 is 17.6 Å². The van der Waals surface area contributed by atoms with Gasteiger partial charge < -0.3 is 9.64 Å². The summed E-state index contributed by atoms with van der Waals surface area (Å²) in [6.45, 7) is 1.94. The number of carbonyl (C=O) groups is 2. The van der Waals surface area contributed by atoms with Gasteiger partial charge in [-0.1, -0.05) is 6.07 Å². The van der Waals surface area contributed by atoms with E-state index in [0.717, 1.165) is 25.0 Å². The van der Waals surface area contributed by atoms with Gasteiger partial charge in [0.2, 0.25) is 5.91 Å². The van der Waals surface area contributed by atoms with Gasteiger partial charge in [0.25, 0.3) is 0 Å². The summed E-state index contributed by atoms with van der Waals surface area (Å²) in [5.41, 5.74) is 0.555. The molecular formula is C16H19F2NO3. The molecule has 4 nitrogen and oxygen atoms in total. The quantitative estimate of drug-likeness (QED) is 0.727. The lowest BCUT2D eigenvalue weighted by Crippen LogP contribution is -2.38. The van der Waals surface area contributed by atoms with Crippen LogP contribution in [0, 0.1) is 11.6 Å². The Balaban J connectivity index is 1.90. The molecule has 2 rings (SSSR count). The minimum Gasteiger partial charge on any atom is -0.465 e. The first-order valence-electron chi connectivity index (χ1n) is 7.40. The summed E-state index contributed by atoms with van der Waals surface area (Å²) < 4.78 is 30.8. The van der Waals surface area contributed by atoms with E-state index in [1.807, 2.05) is 0 Å². The molecule has 6 heteroatoms. The molecule has 1 saturated carbocycles. The van der Waals surface area contributed by atoms with Crippen LogP contribution in [-0.4, -0.2) is 36.0 Å². The topological polar surface area (TPSA) is 46.6 Å². The van der Waals surface area contributed by atoms with Crippen LogP contribution >= 0.6 is 0 Å². The number of benzene rings is 1. The van der Waals surface area contributed by atoms with E-state index in [9.17, 15) is 18.4 Å². The van der Waals surface area contributed by atoms with E-state index in [1.165, 1.54) is 11.0 Å². The molecule has 0 bridgehead atoms. The van der Waals surface area contributed by atoms with Crippen molar-refractivity contribution in [3.63, 3.8) is 0 Å². The van der Waals surface area contributed by atoms with Crippen molar-refractivity contribution in [2.24, 2.45) is 0 Å². The normalized spacial score (nSPS) is 13.8. The number of nitrogens with zero attached hydrogens (tertiary/aromatic N) is 1. The van der Waals surface area contributed by atoms with Crippen LogP contribution in [0.2, 0.25) is 0 Å². The Labute approximate surface area is 128 Å². The van der Waals surface area contributed by atoms with E-state index in [0.29, 0.717) is 12.0 Å². The highest BCUT2D eigenvalue weighted by atomic mass is 19.2. The first-order valence-corrected chi connectivity index (χ1v) is 7.40. The third-order valence-corrected chi connectivity index (χ3v) is 3.52. The smallest absolute Gasteiger partial charge is 0.325 e. The van der Waals surface area contributed by atoms with E-state index in [1.54, 1.807) is 6.92 Å². The fourth-order valence-corrected chi connectivity index (χ4v) is 2.24. The molecule has 0 unspecified atom stereocenters. The highest BCUT2D eigenvalue weighted by Crippen LogP contribution is 2.27. The number of esters is 1. The number of hydrogen-bond acceptors (Lipinski definition) is 3. The minimum atomic E-state index is -0.921. The number of aryl methyl sites for hydroxylation is 1. The van der Waals surface area contributed by atoms with Crippen LogP contribution < -0.4 is 0 Å². The molecule has 0 aliphatic heterocycles. The maximum atomic E-state index is 13.1. The number of ether oxygens (including phenoxy) is 1. The zero-order valence-electron chi connectivity index (χ0n) is 12.5. The fourth-order valence-electron chi connectivity index (χ4n) is 2.24. The lowest BCUT2D eigenvalue weighted by Gasteiger charge is -2.21. The lowest BCUT2D eigenvalue weighted by molar-refractivity contribution is -0.149. The molecule has 1 aromatic carbocycles. The predicted molar refractivity (Wildman–Crippen MR) is 76.0 cm³/mol. The highest BCUT2D eigenvalue weighted by molar-refractivity contribution is 5.82. The van der Waals surface area contributed by atoms with Crippen molar-refractivity contribution >= 4 is 11.9 Å². The van der Waals surface area contributed by atoms with Crippen LogP contribution in [0.15, 0.2) is 18.2 Å². The molecule has 120 valence electrons. The van der Waals surface area contributed by atoms with Gasteiger partial charge in [-0.2, -0.15) is 0 Å². The molecule has 1 aromatic rings. The predicted octanol–water partition coefficient (Wildman–Crippen LogP) is 2.45. The summed E-state index contributed by atoms with van der Waals surface area (Å²) >= 11 is 0. The average Bonchev–Trinajstić information content (AvgIpc) is 3.30. The molecule has 0 heterocycles. The van der Waals surface area contributed by atoms with Crippen LogP contribution in [0.25, 0.3) is 0 Å². The summed E-state index contributed by atoms with van der Waals surface area (Å²) in [6, 6.07) is 3.70. The van der Waals surface area contributed by atoms with Crippen LogP contribution in [-0.2, 0) is 20.7 Å². The van der Waals surface area contributed by atoms with Crippen molar-refractivity contribution in [1.82, 2.24) is 4.90 Å². The van der Waals surface area contributed by atoms with Gasteiger partial charge in [0.1, 0.15) is 6.54 Å². The first-order chi connectivity index (χ1) is 10.5. The van der Waals surface area contributed by atoms with Gasteiger partial charge in [-0.15, -0.1) is 0 Å². The van der Waals surface area contributed by atoms with Crippen molar-refractivity contribution in [2.45, 2.75) is 38.6 Å². The van der Waals surface area contributed by atoms with Crippen LogP contribution in [0.3, 0.4) is 0 Å². The van der Waals surface area contributed by atoms with E-state index in [2.05, 4.69) is 0 Å². The van der Waals surface area contributed by atoms with Crippen molar-refractivity contribution in [3.05, 3.63) is 35.4 Å². The molecule has 22 heavy (non-hydrogen) atoms. The highest BCUT2D eigenvalue weighted by Gasteiger charge is 2.33. The van der Waals surface area contributed by atoms with Crippen LogP contribution in [0.5, 0.6) is 0 Å². The Morgan fingerprint density at radius 2 is 2.00 bits per heavy atom. The summed E-state index contributed by atoms with van der Waals surface area (Å²) in [5, 5.41) is 0. The first kappa shape index (κ1) is 16.4. The molecular weight excluding hydrogens is 292 g/mol. The number of carbonyl (C=O) groups excluding carboxylic acids is 2. The third-order valence-electron chi connectivity index (χ3n) is 3.52. The standard InChI is InChI=1S/C16H19F2NO3/c1-2-22-16(21)10-19(12-5-6-12)15(20)8-4-11-3-7-13(17)14(18)9-11/h3,7,9,12H,2,4-6,8,10H2,1H3. The Morgan fingerprint density at radius 3 is 2.59 bits per heavy atom. The maximum absolute atomic E-state index is 13.1. The SMILES string of the molecule is CCOC(=O)CN(C(=O)CCc1ccc(F)c(F)c1)C1CC1. The molecule has 0 spiro atoms. The monoisotopic (exact) mass is 311 g/mol. The Bertz CT molecular complexity index is 558. The Morgan fingerprint density at radius 1 is 1.27 bits per heavy atom. The molecule has 0 atom stereocenters. The summed E-state index contributed by atoms with van der Waals surface area (Å²) in [4.78, 5) is 25.3. The maximum Gasteiger partial charge on any atom is 0.325 e. The number of hydrogen-bond donors (Lipinski definition) is 0. The molecule has 0 N–H and O–H groups in total. The van der Waals surface area contributed by atoms with Crippen molar-refractivity contribution in [2.75, 3.05) is 13.2 Å². The number of amides is 1. The van der Waals surface area contributed by atoms with Crippen LogP contribution in [0.4, 0.5) is 8.78 Å². The minimum absolute atomic E-state index is 0.0465. The van der Waals surface area contributed by atoms with E-state index in [4.69, 9.17) is 4.74 Å². The van der Waals surface area contributed by atoms with Gasteiger partial charge in [-0.3, -0.25) is 9.59 Å². The second-order valence-corrected chi connectivity index (χ2v) is 5.31. The van der Waals surface area contributed by atoms with Crippen molar-refractivity contribution < 1.29 is 23.1 Å².